The Balaban J connectivity index is 3.05. The fraction of sp³-hybridized carbons (Fsp3) is 0.600. The summed E-state index contributed by atoms with van der Waals surface area (Å²) in [6, 6.07) is 0. The van der Waals surface area contributed by atoms with E-state index in [4.69, 9.17) is 5.41 Å². The summed E-state index contributed by atoms with van der Waals surface area (Å²) in [6.45, 7) is 3.65. The maximum Gasteiger partial charge on any atom is 0.180 e. The van der Waals surface area contributed by atoms with Gasteiger partial charge in [-0.1, -0.05) is 0 Å². The second kappa shape index (κ2) is 4.30. The molecule has 0 rings (SSSR count). The van der Waals surface area contributed by atoms with Gasteiger partial charge < -0.3 is 4.74 Å². The minimum absolute atomic E-state index is 0.204. The number of hydrogen-bond acceptors (Lipinski definition) is 3. The Hall–Kier alpha value is -0.860. The normalized spacial score (nSPS) is 9.75. The molecule has 0 aliphatic carbocycles. The quantitative estimate of drug-likeness (QED) is 0.423. The largest absolute Gasteiger partial charge is 0.459 e. The van der Waals surface area contributed by atoms with Crippen LogP contribution in [0.2, 0.25) is 0 Å². The van der Waals surface area contributed by atoms with E-state index in [1.807, 2.05) is 6.92 Å². The summed E-state index contributed by atoms with van der Waals surface area (Å²) >= 11 is 0. The Morgan fingerprint density at radius 1 is 1.88 bits per heavy atom. The summed E-state index contributed by atoms with van der Waals surface area (Å²) < 4.78 is 4.67. The average Bonchev–Trinajstić information content (AvgIpc) is 1.66. The van der Waals surface area contributed by atoms with Crippen LogP contribution in [0.5, 0.6) is 0 Å². The summed E-state index contributed by atoms with van der Waals surface area (Å²) in [6.07, 6.45) is 1.64. The summed E-state index contributed by atoms with van der Waals surface area (Å²) in [7, 11) is 0. The van der Waals surface area contributed by atoms with E-state index < -0.39 is 0 Å². The highest BCUT2D eigenvalue weighted by Gasteiger charge is 1.79. The monoisotopic (exact) mass is 114 g/mol. The standard InChI is InChI=1S/C5H10N2O/c1-3-7-4-8-5(2)6/h3,6H,4H2,1-2H3/b6-5?,7-3-. The van der Waals surface area contributed by atoms with Gasteiger partial charge in [0.2, 0.25) is 0 Å². The molecule has 0 fully saturated rings. The van der Waals surface area contributed by atoms with Gasteiger partial charge in [-0.15, -0.1) is 0 Å². The maximum absolute atomic E-state index is 6.78. The van der Waals surface area contributed by atoms with E-state index in [1.165, 1.54) is 0 Å². The van der Waals surface area contributed by atoms with Crippen molar-refractivity contribution in [1.29, 1.82) is 5.41 Å². The number of ether oxygens (including phenoxy) is 1. The predicted molar refractivity (Wildman–Crippen MR) is 33.5 cm³/mol. The molecule has 0 aliphatic rings. The first kappa shape index (κ1) is 7.14. The van der Waals surface area contributed by atoms with Crippen LogP contribution in [0.15, 0.2) is 4.99 Å². The van der Waals surface area contributed by atoms with Crippen molar-refractivity contribution in [2.24, 2.45) is 4.99 Å². The first-order chi connectivity index (χ1) is 3.77. The van der Waals surface area contributed by atoms with Crippen LogP contribution < -0.4 is 0 Å². The molecule has 3 heteroatoms. The predicted octanol–water partition coefficient (Wildman–Crippen LogP) is 1.05. The van der Waals surface area contributed by atoms with Crippen molar-refractivity contribution in [1.82, 2.24) is 0 Å². The molecule has 0 spiro atoms. The van der Waals surface area contributed by atoms with Crippen LogP contribution >= 0.6 is 0 Å². The fourth-order valence-corrected chi connectivity index (χ4v) is 0.209. The first-order valence-electron chi connectivity index (χ1n) is 2.39. The molecule has 0 aromatic carbocycles. The molecule has 0 amide bonds. The number of nitrogens with one attached hydrogen (secondary N) is 1. The second-order valence-electron chi connectivity index (χ2n) is 1.27. The van der Waals surface area contributed by atoms with Gasteiger partial charge in [0.05, 0.1) is 0 Å². The zero-order valence-corrected chi connectivity index (χ0v) is 5.14. The third-order valence-electron chi connectivity index (χ3n) is 0.538. The molecular weight excluding hydrogens is 104 g/mol. The van der Waals surface area contributed by atoms with Crippen molar-refractivity contribution in [3.8, 4) is 0 Å². The van der Waals surface area contributed by atoms with Crippen molar-refractivity contribution < 1.29 is 4.74 Å². The zero-order valence-electron chi connectivity index (χ0n) is 5.14. The van der Waals surface area contributed by atoms with Gasteiger partial charge in [-0.25, -0.2) is 0 Å². The van der Waals surface area contributed by atoms with Crippen molar-refractivity contribution >= 4 is 12.1 Å². The molecule has 0 aromatic rings. The summed E-state index contributed by atoms with van der Waals surface area (Å²) in [5.41, 5.74) is 0. The van der Waals surface area contributed by atoms with Crippen LogP contribution in [-0.4, -0.2) is 18.8 Å². The lowest BCUT2D eigenvalue weighted by molar-refractivity contribution is 0.313. The molecule has 0 unspecified atom stereocenters. The van der Waals surface area contributed by atoms with E-state index in [0.717, 1.165) is 0 Å². The number of aliphatic imine (C=N–C) groups is 1. The lowest BCUT2D eigenvalue weighted by atomic mass is 10.8. The third-order valence-corrected chi connectivity index (χ3v) is 0.538. The Labute approximate surface area is 48.9 Å². The van der Waals surface area contributed by atoms with Crippen molar-refractivity contribution in [3.05, 3.63) is 0 Å². The molecule has 0 heterocycles. The average molecular weight is 114 g/mol. The van der Waals surface area contributed by atoms with Gasteiger partial charge in [-0.3, -0.25) is 10.4 Å². The third kappa shape index (κ3) is 5.14. The topological polar surface area (TPSA) is 45.4 Å². The number of nitrogens with zero attached hydrogens (tertiary/aromatic N) is 1. The van der Waals surface area contributed by atoms with Crippen LogP contribution in [0.3, 0.4) is 0 Å². The summed E-state index contributed by atoms with van der Waals surface area (Å²) in [5, 5.41) is 6.78. The molecule has 0 saturated carbocycles. The molecular formula is C5H10N2O. The van der Waals surface area contributed by atoms with E-state index in [-0.39, 0.29) is 12.6 Å². The van der Waals surface area contributed by atoms with Gasteiger partial charge in [-0.05, 0) is 13.1 Å². The number of hydrogen-bond donors (Lipinski definition) is 1. The molecule has 0 aromatic heterocycles. The van der Waals surface area contributed by atoms with Crippen LogP contribution in [0.25, 0.3) is 0 Å². The molecule has 3 nitrogen and oxygen atoms in total. The lowest BCUT2D eigenvalue weighted by Gasteiger charge is -1.94. The van der Waals surface area contributed by atoms with Gasteiger partial charge in [0.15, 0.2) is 12.6 Å². The van der Waals surface area contributed by atoms with E-state index >= 15 is 0 Å². The molecule has 0 aliphatic heterocycles. The molecule has 8 heavy (non-hydrogen) atoms. The Morgan fingerprint density at radius 3 is 2.88 bits per heavy atom. The number of rotatable bonds is 2. The highest BCUT2D eigenvalue weighted by molar-refractivity contribution is 5.69. The van der Waals surface area contributed by atoms with E-state index in [9.17, 15) is 0 Å². The van der Waals surface area contributed by atoms with Crippen molar-refractivity contribution in [2.75, 3.05) is 6.73 Å². The highest BCUT2D eigenvalue weighted by atomic mass is 16.5. The summed E-state index contributed by atoms with van der Waals surface area (Å²) in [4.78, 5) is 3.72. The minimum Gasteiger partial charge on any atom is -0.459 e. The van der Waals surface area contributed by atoms with Gasteiger partial charge in [0, 0.05) is 6.92 Å². The minimum atomic E-state index is 0.204. The van der Waals surface area contributed by atoms with Gasteiger partial charge >= 0.3 is 0 Å². The van der Waals surface area contributed by atoms with E-state index in [1.54, 1.807) is 13.1 Å². The lowest BCUT2D eigenvalue weighted by Crippen LogP contribution is -1.96. The highest BCUT2D eigenvalue weighted by Crippen LogP contribution is 1.75. The van der Waals surface area contributed by atoms with Gasteiger partial charge in [0.1, 0.15) is 0 Å². The van der Waals surface area contributed by atoms with Gasteiger partial charge in [-0.2, -0.15) is 0 Å². The van der Waals surface area contributed by atoms with Crippen molar-refractivity contribution in [3.63, 3.8) is 0 Å². The van der Waals surface area contributed by atoms with Crippen LogP contribution in [0.1, 0.15) is 13.8 Å². The Bertz CT molecular complexity index is 98.6. The zero-order chi connectivity index (χ0) is 6.41. The smallest absolute Gasteiger partial charge is 0.180 e. The summed E-state index contributed by atoms with van der Waals surface area (Å²) in [5.74, 6) is 0.204. The first-order valence-corrected chi connectivity index (χ1v) is 2.39. The van der Waals surface area contributed by atoms with Crippen LogP contribution in [0, 0.1) is 5.41 Å². The van der Waals surface area contributed by atoms with Crippen LogP contribution in [-0.2, 0) is 4.74 Å². The molecule has 1 N–H and O–H groups in total. The SMILES string of the molecule is C/C=N\COC(C)=N. The van der Waals surface area contributed by atoms with Crippen LogP contribution in [0.4, 0.5) is 0 Å². The second-order valence-corrected chi connectivity index (χ2v) is 1.27. The van der Waals surface area contributed by atoms with E-state index in [0.29, 0.717) is 0 Å². The van der Waals surface area contributed by atoms with E-state index in [2.05, 4.69) is 9.73 Å². The fourth-order valence-electron chi connectivity index (χ4n) is 0.209. The Morgan fingerprint density at radius 2 is 2.50 bits per heavy atom. The molecule has 0 radical (unpaired) electrons. The molecule has 0 atom stereocenters. The molecule has 0 saturated heterocycles. The Kier molecular flexibility index (Phi) is 3.84. The van der Waals surface area contributed by atoms with Gasteiger partial charge in [0.25, 0.3) is 0 Å². The molecule has 0 bridgehead atoms. The maximum atomic E-state index is 6.78. The van der Waals surface area contributed by atoms with Crippen molar-refractivity contribution in [2.45, 2.75) is 13.8 Å². The molecule has 46 valence electrons.